The van der Waals surface area contributed by atoms with Gasteiger partial charge in [0.2, 0.25) is 11.8 Å². The zero-order chi connectivity index (χ0) is 25.3. The lowest BCUT2D eigenvalue weighted by Crippen LogP contribution is -2.34. The molecule has 1 heterocycles. The largest absolute Gasteiger partial charge is 0.274 e. The van der Waals surface area contributed by atoms with Crippen LogP contribution in [0.4, 0.5) is 18.9 Å². The van der Waals surface area contributed by atoms with Crippen molar-refractivity contribution in [3.8, 4) is 0 Å². The van der Waals surface area contributed by atoms with E-state index >= 15 is 0 Å². The van der Waals surface area contributed by atoms with Crippen LogP contribution in [-0.4, -0.2) is 11.8 Å². The van der Waals surface area contributed by atoms with Crippen LogP contribution < -0.4 is 4.90 Å². The third-order valence-corrected chi connectivity index (χ3v) is 8.23. The van der Waals surface area contributed by atoms with Crippen molar-refractivity contribution in [1.29, 1.82) is 0 Å². The Morgan fingerprint density at radius 2 is 1.11 bits per heavy atom. The lowest BCUT2D eigenvalue weighted by molar-refractivity contribution is -0.123. The molecule has 8 heteroatoms. The summed E-state index contributed by atoms with van der Waals surface area (Å²) in [5.41, 5.74) is 2.92. The molecule has 3 aromatic carbocycles. The molecular formula is C28H16Br2F3NO2. The van der Waals surface area contributed by atoms with Gasteiger partial charge in [0.1, 0.15) is 11.5 Å². The predicted octanol–water partition coefficient (Wildman–Crippen LogP) is 7.05. The maximum Gasteiger partial charge on any atom is 0.238 e. The van der Waals surface area contributed by atoms with Crippen molar-refractivity contribution in [2.45, 2.75) is 0 Å². The van der Waals surface area contributed by atoms with Crippen LogP contribution in [0.15, 0.2) is 87.3 Å². The molecule has 2 amide bonds. The highest BCUT2D eigenvalue weighted by atomic mass is 79.9. The Hall–Kier alpha value is -2.97. The lowest BCUT2D eigenvalue weighted by atomic mass is 9.85. The molecule has 6 rings (SSSR count). The van der Waals surface area contributed by atoms with Crippen LogP contribution in [0.3, 0.4) is 0 Å². The van der Waals surface area contributed by atoms with Gasteiger partial charge >= 0.3 is 0 Å². The summed E-state index contributed by atoms with van der Waals surface area (Å²) in [5, 5.41) is 0. The van der Waals surface area contributed by atoms with Gasteiger partial charge in [-0.1, -0.05) is 68.3 Å². The number of halogens is 5. The topological polar surface area (TPSA) is 37.4 Å². The van der Waals surface area contributed by atoms with Crippen LogP contribution in [-0.2, 0) is 9.59 Å². The predicted molar refractivity (Wildman–Crippen MR) is 136 cm³/mol. The standard InChI is InChI=1S/C28H16Br2F3NO2/c29-15-5-1-13(2-6-15)22(14-3-7-16(30)8-4-14)23-18-9-10-19(23)25-24(18)27(35)34(28(25)36)26-20(32)11-17(31)12-21(26)33/h1-12,18-19,24-25H/t18-,19-,24-,25-/m1/s1. The average molecular weight is 615 g/mol. The Morgan fingerprint density at radius 3 is 1.53 bits per heavy atom. The molecule has 0 radical (unpaired) electrons. The summed E-state index contributed by atoms with van der Waals surface area (Å²) in [6, 6.07) is 16.6. The number of anilines is 1. The molecule has 180 valence electrons. The van der Waals surface area contributed by atoms with E-state index < -0.39 is 58.6 Å². The van der Waals surface area contributed by atoms with E-state index in [2.05, 4.69) is 31.9 Å². The van der Waals surface area contributed by atoms with Gasteiger partial charge in [0.15, 0.2) is 11.6 Å². The van der Waals surface area contributed by atoms with E-state index in [1.165, 1.54) is 0 Å². The fourth-order valence-corrected chi connectivity index (χ4v) is 6.33. The molecule has 3 aliphatic rings. The summed E-state index contributed by atoms with van der Waals surface area (Å²) in [6.07, 6.45) is 3.82. The fraction of sp³-hybridized carbons (Fsp3) is 0.143. The molecule has 2 bridgehead atoms. The molecule has 2 aliphatic carbocycles. The van der Waals surface area contributed by atoms with Crippen LogP contribution in [0.2, 0.25) is 0 Å². The van der Waals surface area contributed by atoms with Gasteiger partial charge in [-0.25, -0.2) is 18.1 Å². The molecule has 2 fully saturated rings. The Labute approximate surface area is 221 Å². The van der Waals surface area contributed by atoms with Gasteiger partial charge in [-0.3, -0.25) is 9.59 Å². The van der Waals surface area contributed by atoms with Gasteiger partial charge in [-0.2, -0.15) is 0 Å². The van der Waals surface area contributed by atoms with Crippen molar-refractivity contribution in [1.82, 2.24) is 0 Å². The summed E-state index contributed by atoms with van der Waals surface area (Å²) in [6.45, 7) is 0. The van der Waals surface area contributed by atoms with Gasteiger partial charge in [0, 0.05) is 32.9 Å². The minimum Gasteiger partial charge on any atom is -0.274 e. The van der Waals surface area contributed by atoms with E-state index in [4.69, 9.17) is 0 Å². The van der Waals surface area contributed by atoms with Crippen LogP contribution in [0.25, 0.3) is 5.57 Å². The third kappa shape index (κ3) is 3.45. The number of rotatable bonds is 3. The van der Waals surface area contributed by atoms with E-state index in [0.717, 1.165) is 31.2 Å². The van der Waals surface area contributed by atoms with Gasteiger partial charge < -0.3 is 0 Å². The summed E-state index contributed by atoms with van der Waals surface area (Å²) in [4.78, 5) is 27.6. The summed E-state index contributed by atoms with van der Waals surface area (Å²) in [5.74, 6) is -7.41. The van der Waals surface area contributed by atoms with Gasteiger partial charge in [-0.15, -0.1) is 0 Å². The monoisotopic (exact) mass is 613 g/mol. The number of carbonyl (C=O) groups is 2. The molecule has 0 N–H and O–H groups in total. The molecule has 1 saturated carbocycles. The number of allylic oxidation sites excluding steroid dienone is 3. The molecule has 1 aliphatic heterocycles. The Kier molecular flexibility index (Phi) is 5.57. The average Bonchev–Trinajstić information content (AvgIpc) is 3.46. The van der Waals surface area contributed by atoms with E-state index in [-0.39, 0.29) is 0 Å². The highest BCUT2D eigenvalue weighted by molar-refractivity contribution is 9.10. The second-order valence-electron chi connectivity index (χ2n) is 9.06. The Balaban J connectivity index is 1.49. The number of amides is 2. The van der Waals surface area contributed by atoms with Crippen molar-refractivity contribution in [2.75, 3.05) is 4.90 Å². The fourth-order valence-electron chi connectivity index (χ4n) is 5.80. The third-order valence-electron chi connectivity index (χ3n) is 7.18. The van der Waals surface area contributed by atoms with Crippen molar-refractivity contribution >= 4 is 54.9 Å². The molecule has 36 heavy (non-hydrogen) atoms. The summed E-state index contributed by atoms with van der Waals surface area (Å²) < 4.78 is 44.4. The molecular weight excluding hydrogens is 599 g/mol. The minimum atomic E-state index is -1.28. The highest BCUT2D eigenvalue weighted by Crippen LogP contribution is 2.59. The van der Waals surface area contributed by atoms with Gasteiger partial charge in [0.25, 0.3) is 0 Å². The van der Waals surface area contributed by atoms with Gasteiger partial charge in [0.05, 0.1) is 11.8 Å². The molecule has 3 aromatic rings. The van der Waals surface area contributed by atoms with Crippen LogP contribution >= 0.6 is 31.9 Å². The van der Waals surface area contributed by atoms with Crippen LogP contribution in [0, 0.1) is 41.1 Å². The van der Waals surface area contributed by atoms with Crippen molar-refractivity contribution < 1.29 is 22.8 Å². The number of hydrogen-bond donors (Lipinski definition) is 0. The number of benzene rings is 3. The first-order valence-corrected chi connectivity index (χ1v) is 12.8. The molecule has 3 nitrogen and oxygen atoms in total. The van der Waals surface area contributed by atoms with Gasteiger partial charge in [-0.05, 0) is 46.5 Å². The van der Waals surface area contributed by atoms with E-state index in [9.17, 15) is 22.8 Å². The van der Waals surface area contributed by atoms with Crippen molar-refractivity contribution in [3.63, 3.8) is 0 Å². The Bertz CT molecular complexity index is 1390. The lowest BCUT2D eigenvalue weighted by Gasteiger charge is -2.22. The number of hydrogen-bond acceptors (Lipinski definition) is 2. The first kappa shape index (κ1) is 23.4. The van der Waals surface area contributed by atoms with Crippen LogP contribution in [0.5, 0.6) is 0 Å². The quantitative estimate of drug-likeness (QED) is 0.234. The maximum absolute atomic E-state index is 14.5. The first-order chi connectivity index (χ1) is 17.3. The first-order valence-electron chi connectivity index (χ1n) is 11.2. The highest BCUT2D eigenvalue weighted by Gasteiger charge is 2.63. The maximum atomic E-state index is 14.5. The van der Waals surface area contributed by atoms with E-state index in [1.807, 2.05) is 60.7 Å². The summed E-state index contributed by atoms with van der Waals surface area (Å²) >= 11 is 6.93. The van der Waals surface area contributed by atoms with E-state index in [0.29, 0.717) is 17.0 Å². The Morgan fingerprint density at radius 1 is 0.694 bits per heavy atom. The number of fused-ring (bicyclic) bond motifs is 5. The number of nitrogens with zero attached hydrogens (tertiary/aromatic N) is 1. The second kappa shape index (κ2) is 8.56. The van der Waals surface area contributed by atoms with E-state index in [1.54, 1.807) is 0 Å². The van der Waals surface area contributed by atoms with Crippen molar-refractivity contribution in [2.24, 2.45) is 23.7 Å². The van der Waals surface area contributed by atoms with Crippen molar-refractivity contribution in [3.05, 3.63) is 116 Å². The number of carbonyl (C=O) groups excluding carboxylic acids is 2. The molecule has 0 spiro atoms. The molecule has 1 saturated heterocycles. The summed E-state index contributed by atoms with van der Waals surface area (Å²) in [7, 11) is 0. The zero-order valence-electron chi connectivity index (χ0n) is 18.4. The molecule has 4 atom stereocenters. The SMILES string of the molecule is O=C1[C@H]2[C@H](C(=O)N1c1c(F)cc(F)cc1F)[C@@H]1C=C[C@@H]2C1=C(c1ccc(Br)cc1)c1ccc(Br)cc1. The van der Waals surface area contributed by atoms with Crippen LogP contribution in [0.1, 0.15) is 11.1 Å². The zero-order valence-corrected chi connectivity index (χ0v) is 21.6. The minimum absolute atomic E-state index is 0.407. The molecule has 0 aromatic heterocycles. The normalized spacial score (nSPS) is 24.1. The smallest absolute Gasteiger partial charge is 0.238 e. The molecule has 0 unspecified atom stereocenters. The second-order valence-corrected chi connectivity index (χ2v) is 10.9. The number of imide groups is 1.